The molecule has 1 fully saturated rings. The van der Waals surface area contributed by atoms with Gasteiger partial charge in [0.25, 0.3) is 0 Å². The number of amides is 1. The number of nitrogen functional groups attached to an aromatic ring is 1. The predicted octanol–water partition coefficient (Wildman–Crippen LogP) is 0.450. The van der Waals surface area contributed by atoms with E-state index in [1.54, 1.807) is 4.68 Å². The average Bonchev–Trinajstić information content (AvgIpc) is 2.59. The quantitative estimate of drug-likeness (QED) is 0.800. The topological polar surface area (TPSA) is 76.2 Å². The highest BCUT2D eigenvalue weighted by atomic mass is 16.2. The van der Waals surface area contributed by atoms with Gasteiger partial charge in [0, 0.05) is 20.1 Å². The molecule has 1 aliphatic heterocycles. The van der Waals surface area contributed by atoms with Gasteiger partial charge in [-0.15, -0.1) is 0 Å². The van der Waals surface area contributed by atoms with Crippen LogP contribution in [0.2, 0.25) is 0 Å². The number of carbonyl (C=O) groups excluding carboxylic acids is 1. The van der Waals surface area contributed by atoms with E-state index in [0.29, 0.717) is 12.2 Å². The number of anilines is 2. The van der Waals surface area contributed by atoms with E-state index in [0.717, 1.165) is 18.1 Å². The van der Waals surface area contributed by atoms with Crippen LogP contribution in [-0.2, 0) is 11.8 Å². The molecule has 1 atom stereocenters. The van der Waals surface area contributed by atoms with E-state index < -0.39 is 0 Å². The Kier molecular flexibility index (Phi) is 3.19. The summed E-state index contributed by atoms with van der Waals surface area (Å²) >= 11 is 0. The summed E-state index contributed by atoms with van der Waals surface area (Å²) in [5.41, 5.74) is 7.77. The van der Waals surface area contributed by atoms with Crippen molar-refractivity contribution in [2.45, 2.75) is 32.7 Å². The van der Waals surface area contributed by atoms with Crippen LogP contribution in [0.5, 0.6) is 0 Å². The monoisotopic (exact) mass is 251 g/mol. The van der Waals surface area contributed by atoms with Crippen LogP contribution in [-0.4, -0.2) is 34.8 Å². The molecule has 1 aromatic rings. The van der Waals surface area contributed by atoms with Gasteiger partial charge in [-0.3, -0.25) is 9.48 Å². The zero-order valence-corrected chi connectivity index (χ0v) is 11.4. The van der Waals surface area contributed by atoms with Crippen molar-refractivity contribution in [2.24, 2.45) is 7.05 Å². The third-order valence-corrected chi connectivity index (χ3v) is 3.40. The first-order valence-electron chi connectivity index (χ1n) is 6.30. The highest BCUT2D eigenvalue weighted by molar-refractivity contribution is 5.87. The number of piperazine rings is 1. The summed E-state index contributed by atoms with van der Waals surface area (Å²) in [5.74, 6) is 1.16. The summed E-state index contributed by atoms with van der Waals surface area (Å²) < 4.78 is 1.78. The first kappa shape index (κ1) is 12.7. The minimum absolute atomic E-state index is 0.0351. The molecule has 2 heterocycles. The van der Waals surface area contributed by atoms with Crippen molar-refractivity contribution in [1.29, 1.82) is 0 Å². The van der Waals surface area contributed by atoms with Crippen LogP contribution in [0.4, 0.5) is 11.5 Å². The molecule has 1 unspecified atom stereocenters. The third kappa shape index (κ3) is 1.91. The molecule has 6 heteroatoms. The van der Waals surface area contributed by atoms with E-state index in [4.69, 9.17) is 5.73 Å². The van der Waals surface area contributed by atoms with Crippen LogP contribution >= 0.6 is 0 Å². The molecule has 1 aromatic heterocycles. The fourth-order valence-corrected chi connectivity index (χ4v) is 2.39. The SMILES string of the molecule is CC(C)c1nn(C)c(N2CCNC(=O)C2C)c1N. The van der Waals surface area contributed by atoms with Gasteiger partial charge in [-0.05, 0) is 12.8 Å². The molecule has 18 heavy (non-hydrogen) atoms. The van der Waals surface area contributed by atoms with Crippen molar-refractivity contribution in [3.8, 4) is 0 Å². The Hall–Kier alpha value is -1.72. The van der Waals surface area contributed by atoms with Crippen LogP contribution in [0.1, 0.15) is 32.4 Å². The normalized spacial score (nSPS) is 20.4. The van der Waals surface area contributed by atoms with Gasteiger partial charge in [-0.2, -0.15) is 5.10 Å². The fraction of sp³-hybridized carbons (Fsp3) is 0.667. The highest BCUT2D eigenvalue weighted by Gasteiger charge is 2.30. The van der Waals surface area contributed by atoms with Crippen LogP contribution in [0.3, 0.4) is 0 Å². The fourth-order valence-electron chi connectivity index (χ4n) is 2.39. The van der Waals surface area contributed by atoms with Crippen molar-refractivity contribution < 1.29 is 4.79 Å². The molecule has 2 rings (SSSR count). The maximum Gasteiger partial charge on any atom is 0.242 e. The van der Waals surface area contributed by atoms with Crippen molar-refractivity contribution in [3.05, 3.63) is 5.69 Å². The van der Waals surface area contributed by atoms with Crippen LogP contribution in [0, 0.1) is 0 Å². The maximum absolute atomic E-state index is 11.7. The number of nitrogens with zero attached hydrogens (tertiary/aromatic N) is 3. The second kappa shape index (κ2) is 4.51. The van der Waals surface area contributed by atoms with Gasteiger partial charge < -0.3 is 16.0 Å². The van der Waals surface area contributed by atoms with Crippen molar-refractivity contribution in [1.82, 2.24) is 15.1 Å². The molecular weight excluding hydrogens is 230 g/mol. The van der Waals surface area contributed by atoms with E-state index in [9.17, 15) is 4.79 Å². The Labute approximate surface area is 107 Å². The summed E-state index contributed by atoms with van der Waals surface area (Å²) in [6, 6.07) is -0.212. The smallest absolute Gasteiger partial charge is 0.242 e. The van der Waals surface area contributed by atoms with Crippen molar-refractivity contribution in [3.63, 3.8) is 0 Å². The number of hydrogen-bond donors (Lipinski definition) is 2. The zero-order chi connectivity index (χ0) is 13.4. The largest absolute Gasteiger partial charge is 0.394 e. The minimum Gasteiger partial charge on any atom is -0.394 e. The lowest BCUT2D eigenvalue weighted by Crippen LogP contribution is -2.54. The summed E-state index contributed by atoms with van der Waals surface area (Å²) in [5, 5.41) is 7.31. The van der Waals surface area contributed by atoms with Crippen LogP contribution < -0.4 is 16.0 Å². The molecule has 0 spiro atoms. The molecule has 0 saturated carbocycles. The molecule has 3 N–H and O–H groups in total. The summed E-state index contributed by atoms with van der Waals surface area (Å²) in [7, 11) is 1.87. The molecule has 0 aliphatic carbocycles. The van der Waals surface area contributed by atoms with Crippen LogP contribution in [0.15, 0.2) is 0 Å². The molecule has 0 aromatic carbocycles. The number of hydrogen-bond acceptors (Lipinski definition) is 4. The molecule has 0 bridgehead atoms. The standard InChI is InChI=1S/C12H21N5O/c1-7(2)10-9(13)12(16(4)15-10)17-6-5-14-11(18)8(17)3/h7-8H,5-6,13H2,1-4H3,(H,14,18). The van der Waals surface area contributed by atoms with Gasteiger partial charge in [0.15, 0.2) is 5.82 Å². The minimum atomic E-state index is -0.212. The maximum atomic E-state index is 11.7. The molecule has 0 radical (unpaired) electrons. The number of nitrogens with two attached hydrogens (primary N) is 1. The lowest BCUT2D eigenvalue weighted by Gasteiger charge is -2.34. The van der Waals surface area contributed by atoms with E-state index >= 15 is 0 Å². The number of rotatable bonds is 2. The lowest BCUT2D eigenvalue weighted by molar-refractivity contribution is -0.122. The number of carbonyl (C=O) groups is 1. The van der Waals surface area contributed by atoms with Gasteiger partial charge in [0.2, 0.25) is 5.91 Å². The molecule has 1 saturated heterocycles. The van der Waals surface area contributed by atoms with E-state index in [1.165, 1.54) is 0 Å². The Balaban J connectivity index is 2.41. The summed E-state index contributed by atoms with van der Waals surface area (Å²) in [6.45, 7) is 7.42. The highest BCUT2D eigenvalue weighted by Crippen LogP contribution is 2.32. The van der Waals surface area contributed by atoms with E-state index in [1.807, 2.05) is 18.9 Å². The van der Waals surface area contributed by atoms with Gasteiger partial charge in [0.05, 0.1) is 11.4 Å². The number of nitrogens with one attached hydrogen (secondary N) is 1. The first-order valence-corrected chi connectivity index (χ1v) is 6.30. The van der Waals surface area contributed by atoms with E-state index in [2.05, 4.69) is 24.3 Å². The summed E-state index contributed by atoms with van der Waals surface area (Å²) in [4.78, 5) is 13.7. The van der Waals surface area contributed by atoms with E-state index in [-0.39, 0.29) is 17.9 Å². The second-order valence-corrected chi connectivity index (χ2v) is 5.06. The Morgan fingerprint density at radius 3 is 2.72 bits per heavy atom. The first-order chi connectivity index (χ1) is 8.43. The van der Waals surface area contributed by atoms with Gasteiger partial charge in [0.1, 0.15) is 6.04 Å². The van der Waals surface area contributed by atoms with Crippen molar-refractivity contribution >= 4 is 17.4 Å². The third-order valence-electron chi connectivity index (χ3n) is 3.40. The molecule has 6 nitrogen and oxygen atoms in total. The summed E-state index contributed by atoms with van der Waals surface area (Å²) in [6.07, 6.45) is 0. The Morgan fingerprint density at radius 1 is 1.50 bits per heavy atom. The second-order valence-electron chi connectivity index (χ2n) is 5.06. The molecular formula is C12H21N5O. The number of aromatic nitrogens is 2. The average molecular weight is 251 g/mol. The number of aryl methyl sites for hydroxylation is 1. The van der Waals surface area contributed by atoms with Gasteiger partial charge in [-0.25, -0.2) is 0 Å². The van der Waals surface area contributed by atoms with Gasteiger partial charge in [-0.1, -0.05) is 13.8 Å². The zero-order valence-electron chi connectivity index (χ0n) is 11.4. The molecule has 100 valence electrons. The van der Waals surface area contributed by atoms with Crippen LogP contribution in [0.25, 0.3) is 0 Å². The Morgan fingerprint density at radius 2 is 2.17 bits per heavy atom. The lowest BCUT2D eigenvalue weighted by atomic mass is 10.1. The predicted molar refractivity (Wildman–Crippen MR) is 71.5 cm³/mol. The molecule has 1 aliphatic rings. The van der Waals surface area contributed by atoms with Gasteiger partial charge >= 0.3 is 0 Å². The van der Waals surface area contributed by atoms with Crippen molar-refractivity contribution in [2.75, 3.05) is 23.7 Å². The molecule has 1 amide bonds. The Bertz CT molecular complexity index is 465.